The van der Waals surface area contributed by atoms with Crippen LogP contribution in [0.2, 0.25) is 0 Å². The second-order valence-corrected chi connectivity index (χ2v) is 10.8. The monoisotopic (exact) mass is 461 g/mol. The molecule has 4 atom stereocenters. The van der Waals surface area contributed by atoms with Crippen molar-refractivity contribution in [3.63, 3.8) is 0 Å². The van der Waals surface area contributed by atoms with E-state index in [1.165, 1.54) is 108 Å². The van der Waals surface area contributed by atoms with E-state index in [0.717, 1.165) is 12.1 Å². The second kappa shape index (κ2) is 14.0. The molecule has 2 heteroatoms. The summed E-state index contributed by atoms with van der Waals surface area (Å²) in [7, 11) is 0. The van der Waals surface area contributed by atoms with Gasteiger partial charge in [0.05, 0.1) is 12.2 Å². The Balaban J connectivity index is 1.24. The molecule has 2 unspecified atom stereocenters. The van der Waals surface area contributed by atoms with E-state index >= 15 is 0 Å². The number of aryl methyl sites for hydroxylation is 1. The highest BCUT2D eigenvalue weighted by Crippen LogP contribution is 2.39. The Labute approximate surface area is 209 Å². The zero-order valence-electron chi connectivity index (χ0n) is 21.5. The number of rotatable bonds is 15. The summed E-state index contributed by atoms with van der Waals surface area (Å²) < 4.78 is 6.90. The van der Waals surface area contributed by atoms with Crippen molar-refractivity contribution in [3.8, 4) is 0 Å². The molecule has 2 heterocycles. The minimum absolute atomic E-state index is 0.269. The molecule has 2 aromatic rings. The summed E-state index contributed by atoms with van der Waals surface area (Å²) in [6.45, 7) is 3.54. The lowest BCUT2D eigenvalue weighted by atomic mass is 9.97. The average Bonchev–Trinajstić information content (AvgIpc) is 3.11. The van der Waals surface area contributed by atoms with Crippen LogP contribution >= 0.6 is 0 Å². The first-order chi connectivity index (χ1) is 16.8. The minimum atomic E-state index is 0.269. The largest absolute Gasteiger partial charge is 0.370 e. The summed E-state index contributed by atoms with van der Waals surface area (Å²) in [4.78, 5) is 2.83. The van der Waals surface area contributed by atoms with Crippen LogP contribution in [0.1, 0.15) is 108 Å². The molecule has 2 fully saturated rings. The van der Waals surface area contributed by atoms with Gasteiger partial charge < -0.3 is 4.74 Å². The van der Waals surface area contributed by atoms with Crippen LogP contribution in [0.25, 0.3) is 0 Å². The molecule has 2 bridgehead atoms. The number of benzene rings is 2. The van der Waals surface area contributed by atoms with E-state index in [0.29, 0.717) is 6.10 Å². The van der Waals surface area contributed by atoms with Crippen LogP contribution in [0.3, 0.4) is 0 Å². The Morgan fingerprint density at radius 3 is 2.06 bits per heavy atom. The number of nitrogens with zero attached hydrogens (tertiary/aromatic N) is 1. The highest BCUT2D eigenvalue weighted by atomic mass is 16.5. The average molecular weight is 462 g/mol. The molecule has 2 aliphatic heterocycles. The van der Waals surface area contributed by atoms with Crippen LogP contribution in [0.5, 0.6) is 0 Å². The van der Waals surface area contributed by atoms with Crippen molar-refractivity contribution < 1.29 is 4.74 Å². The molecule has 2 saturated heterocycles. The van der Waals surface area contributed by atoms with Gasteiger partial charge in [0.15, 0.2) is 0 Å². The van der Waals surface area contributed by atoms with E-state index in [1.807, 2.05) is 0 Å². The fraction of sp³-hybridized carbons (Fsp3) is 0.625. The maximum Gasteiger partial charge on any atom is 0.0828 e. The van der Waals surface area contributed by atoms with Gasteiger partial charge in [0.2, 0.25) is 0 Å². The third kappa shape index (κ3) is 7.68. The van der Waals surface area contributed by atoms with Gasteiger partial charge in [-0.2, -0.15) is 0 Å². The predicted molar refractivity (Wildman–Crippen MR) is 144 cm³/mol. The van der Waals surface area contributed by atoms with Crippen molar-refractivity contribution in [2.24, 2.45) is 0 Å². The van der Waals surface area contributed by atoms with Crippen molar-refractivity contribution in [1.29, 1.82) is 0 Å². The van der Waals surface area contributed by atoms with Crippen molar-refractivity contribution in [2.75, 3.05) is 6.54 Å². The molecular formula is C32H47NO. The molecular weight excluding hydrogens is 414 g/mol. The predicted octanol–water partition coefficient (Wildman–Crippen LogP) is 8.51. The lowest BCUT2D eigenvalue weighted by Crippen LogP contribution is -2.46. The van der Waals surface area contributed by atoms with E-state index in [1.54, 1.807) is 0 Å². The molecule has 34 heavy (non-hydrogen) atoms. The van der Waals surface area contributed by atoms with Gasteiger partial charge in [0.25, 0.3) is 0 Å². The summed E-state index contributed by atoms with van der Waals surface area (Å²) in [6.07, 6.45) is 19.1. The van der Waals surface area contributed by atoms with Crippen LogP contribution < -0.4 is 0 Å². The van der Waals surface area contributed by atoms with E-state index in [4.69, 9.17) is 4.74 Å². The van der Waals surface area contributed by atoms with Crippen LogP contribution in [0.4, 0.5) is 0 Å². The molecule has 186 valence electrons. The van der Waals surface area contributed by atoms with Gasteiger partial charge >= 0.3 is 0 Å². The Hall–Kier alpha value is -1.64. The normalized spacial score (nSPS) is 23.3. The van der Waals surface area contributed by atoms with Gasteiger partial charge in [-0.25, -0.2) is 0 Å². The van der Waals surface area contributed by atoms with Crippen LogP contribution in [0.15, 0.2) is 60.7 Å². The lowest BCUT2D eigenvalue weighted by Gasteiger charge is -2.40. The molecule has 0 saturated carbocycles. The third-order valence-electron chi connectivity index (χ3n) is 8.16. The zero-order chi connectivity index (χ0) is 23.4. The molecule has 0 radical (unpaired) electrons. The topological polar surface area (TPSA) is 12.5 Å². The first-order valence-corrected chi connectivity index (χ1v) is 14.3. The number of ether oxygens (including phenoxy) is 1. The van der Waals surface area contributed by atoms with Crippen molar-refractivity contribution >= 4 is 0 Å². The summed E-state index contributed by atoms with van der Waals surface area (Å²) in [6, 6.07) is 23.5. The van der Waals surface area contributed by atoms with Gasteiger partial charge in [-0.15, -0.1) is 0 Å². The molecule has 0 spiro atoms. The molecule has 2 aromatic carbocycles. The lowest BCUT2D eigenvalue weighted by molar-refractivity contribution is -0.0660. The Morgan fingerprint density at radius 1 is 0.765 bits per heavy atom. The molecule has 2 aliphatic rings. The van der Waals surface area contributed by atoms with Gasteiger partial charge in [-0.1, -0.05) is 113 Å². The van der Waals surface area contributed by atoms with Crippen molar-refractivity contribution in [1.82, 2.24) is 4.90 Å². The Morgan fingerprint density at radius 2 is 1.38 bits per heavy atom. The standard InChI is InChI=1S/C32H47NO/c1-2-3-4-5-6-7-14-21-32(28-19-12-9-13-20-28)34-31-25-29-22-23-30(26-31)33(29)24-15-18-27-16-10-8-11-17-27/h8-13,16-17,19-20,29-32H,2-7,14-15,18,21-26H2,1H3/t29-,30+,31?,32?. The smallest absolute Gasteiger partial charge is 0.0828 e. The number of unbranched alkanes of at least 4 members (excludes halogenated alkanes) is 6. The summed E-state index contributed by atoms with van der Waals surface area (Å²) in [5, 5.41) is 0. The fourth-order valence-electron chi connectivity index (χ4n) is 6.31. The molecule has 4 rings (SSSR count). The van der Waals surface area contributed by atoms with Gasteiger partial charge in [0, 0.05) is 12.1 Å². The van der Waals surface area contributed by atoms with Crippen LogP contribution in [-0.4, -0.2) is 29.6 Å². The first-order valence-electron chi connectivity index (χ1n) is 14.3. The molecule has 0 aromatic heterocycles. The summed E-state index contributed by atoms with van der Waals surface area (Å²) in [5.41, 5.74) is 2.86. The van der Waals surface area contributed by atoms with E-state index in [-0.39, 0.29) is 6.10 Å². The van der Waals surface area contributed by atoms with E-state index in [9.17, 15) is 0 Å². The quantitative estimate of drug-likeness (QED) is 0.246. The second-order valence-electron chi connectivity index (χ2n) is 10.8. The maximum absolute atomic E-state index is 6.90. The van der Waals surface area contributed by atoms with E-state index in [2.05, 4.69) is 72.5 Å². The number of hydrogen-bond acceptors (Lipinski definition) is 2. The van der Waals surface area contributed by atoms with Crippen LogP contribution in [0, 0.1) is 0 Å². The summed E-state index contributed by atoms with van der Waals surface area (Å²) >= 11 is 0. The SMILES string of the molecule is CCCCCCCCCC(OC1C[C@H]2CC[C@@H](C1)N2CCCc1ccccc1)c1ccccc1. The van der Waals surface area contributed by atoms with Crippen LogP contribution in [-0.2, 0) is 11.2 Å². The number of hydrogen-bond donors (Lipinski definition) is 0. The fourth-order valence-corrected chi connectivity index (χ4v) is 6.31. The van der Waals surface area contributed by atoms with Gasteiger partial charge in [-0.3, -0.25) is 4.90 Å². The molecule has 0 amide bonds. The van der Waals surface area contributed by atoms with E-state index < -0.39 is 0 Å². The van der Waals surface area contributed by atoms with Crippen molar-refractivity contribution in [3.05, 3.63) is 71.8 Å². The molecule has 2 nitrogen and oxygen atoms in total. The van der Waals surface area contributed by atoms with Crippen molar-refractivity contribution in [2.45, 2.75) is 121 Å². The highest BCUT2D eigenvalue weighted by molar-refractivity contribution is 5.18. The molecule has 0 aliphatic carbocycles. The summed E-state index contributed by atoms with van der Waals surface area (Å²) in [5.74, 6) is 0. The van der Waals surface area contributed by atoms with Gasteiger partial charge in [0.1, 0.15) is 0 Å². The number of piperidine rings is 1. The maximum atomic E-state index is 6.90. The first kappa shape index (κ1) is 25.5. The zero-order valence-corrected chi connectivity index (χ0v) is 21.5. The highest BCUT2D eigenvalue weighted by Gasteiger charge is 2.41. The Kier molecular flexibility index (Phi) is 10.5. The Bertz CT molecular complexity index is 777. The number of fused-ring (bicyclic) bond motifs is 2. The van der Waals surface area contributed by atoms with Gasteiger partial charge in [-0.05, 0) is 62.6 Å². The molecule has 0 N–H and O–H groups in total. The third-order valence-corrected chi connectivity index (χ3v) is 8.16. The minimum Gasteiger partial charge on any atom is -0.370 e.